The highest BCUT2D eigenvalue weighted by Crippen LogP contribution is 2.35. The van der Waals surface area contributed by atoms with Gasteiger partial charge >= 0.3 is 0 Å². The molecule has 0 spiro atoms. The van der Waals surface area contributed by atoms with Crippen LogP contribution in [0.1, 0.15) is 0 Å². The zero-order chi connectivity index (χ0) is 17.4. The molecule has 0 heterocycles. The standard InChI is InChI=1S/C18H25N3O2/c1-20(2,3)15-9-7-14(8-10-15)17-12-11-16(21(4,5)6)13-18(17)19(22)23/h7-13H,1-6H3/q+2. The van der Waals surface area contributed by atoms with E-state index in [4.69, 9.17) is 0 Å². The Balaban J connectivity index is 2.53. The lowest BCUT2D eigenvalue weighted by atomic mass is 10.0. The van der Waals surface area contributed by atoms with Gasteiger partial charge in [-0.25, -0.2) is 0 Å². The minimum atomic E-state index is -0.303. The van der Waals surface area contributed by atoms with Crippen molar-refractivity contribution in [3.05, 3.63) is 52.6 Å². The average Bonchev–Trinajstić information content (AvgIpc) is 2.45. The summed E-state index contributed by atoms with van der Waals surface area (Å²) in [7, 11) is 12.3. The average molecular weight is 315 g/mol. The minimum absolute atomic E-state index is 0.147. The van der Waals surface area contributed by atoms with Crippen LogP contribution in [0, 0.1) is 10.1 Å². The summed E-state index contributed by atoms with van der Waals surface area (Å²) in [6.45, 7) is 0. The van der Waals surface area contributed by atoms with E-state index >= 15 is 0 Å². The van der Waals surface area contributed by atoms with E-state index in [2.05, 4.69) is 21.1 Å². The molecule has 0 unspecified atom stereocenters. The Morgan fingerprint density at radius 2 is 1.26 bits per heavy atom. The number of hydrogen-bond donors (Lipinski definition) is 0. The van der Waals surface area contributed by atoms with E-state index in [1.807, 2.05) is 57.5 Å². The quantitative estimate of drug-likeness (QED) is 0.491. The lowest BCUT2D eigenvalue weighted by Gasteiger charge is -2.24. The molecule has 0 aromatic heterocycles. The van der Waals surface area contributed by atoms with E-state index in [0.29, 0.717) is 14.5 Å². The smallest absolute Gasteiger partial charge is 0.283 e. The molecule has 5 nitrogen and oxygen atoms in total. The molecule has 0 N–H and O–H groups in total. The Labute approximate surface area is 137 Å². The van der Waals surface area contributed by atoms with Crippen molar-refractivity contribution in [2.24, 2.45) is 0 Å². The Morgan fingerprint density at radius 3 is 1.70 bits per heavy atom. The number of quaternary nitrogens is 2. The number of nitro benzene ring substituents is 1. The van der Waals surface area contributed by atoms with Crippen molar-refractivity contribution in [1.82, 2.24) is 8.97 Å². The number of nitrogens with zero attached hydrogens (tertiary/aromatic N) is 3. The first kappa shape index (κ1) is 17.1. The summed E-state index contributed by atoms with van der Waals surface area (Å²) >= 11 is 0. The Bertz CT molecular complexity index is 723. The number of hydrogen-bond acceptors (Lipinski definition) is 2. The Hall–Kier alpha value is -2.24. The topological polar surface area (TPSA) is 43.1 Å². The highest BCUT2D eigenvalue weighted by Gasteiger charge is 2.22. The lowest BCUT2D eigenvalue weighted by Crippen LogP contribution is -2.34. The fraction of sp³-hybridized carbons (Fsp3) is 0.333. The second kappa shape index (κ2) is 5.76. The maximum atomic E-state index is 11.5. The van der Waals surface area contributed by atoms with Gasteiger partial charge in [0.15, 0.2) is 0 Å². The molecule has 0 bridgehead atoms. The third-order valence-electron chi connectivity index (χ3n) is 3.91. The molecule has 122 valence electrons. The molecule has 0 amide bonds. The molecule has 0 saturated carbocycles. The van der Waals surface area contributed by atoms with Crippen LogP contribution in [0.25, 0.3) is 11.1 Å². The van der Waals surface area contributed by atoms with E-state index in [0.717, 1.165) is 16.9 Å². The van der Waals surface area contributed by atoms with Crippen molar-refractivity contribution in [1.29, 1.82) is 0 Å². The maximum absolute atomic E-state index is 11.5. The summed E-state index contributed by atoms with van der Waals surface area (Å²) in [5, 5.41) is 11.5. The molecule has 2 aromatic rings. The number of benzene rings is 2. The van der Waals surface area contributed by atoms with Crippen molar-refractivity contribution < 1.29 is 4.92 Å². The van der Waals surface area contributed by atoms with Crippen LogP contribution in [0.15, 0.2) is 42.5 Å². The van der Waals surface area contributed by atoms with Crippen LogP contribution in [-0.2, 0) is 0 Å². The largest absolute Gasteiger partial charge is 0.298 e. The van der Waals surface area contributed by atoms with Gasteiger partial charge in [0.1, 0.15) is 11.4 Å². The van der Waals surface area contributed by atoms with Gasteiger partial charge in [-0.05, 0) is 35.9 Å². The Morgan fingerprint density at radius 1 is 0.783 bits per heavy atom. The van der Waals surface area contributed by atoms with Crippen LogP contribution in [0.5, 0.6) is 0 Å². The third-order valence-corrected chi connectivity index (χ3v) is 3.91. The molecule has 0 aliphatic carbocycles. The highest BCUT2D eigenvalue weighted by atomic mass is 16.6. The van der Waals surface area contributed by atoms with E-state index in [-0.39, 0.29) is 10.6 Å². The summed E-state index contributed by atoms with van der Waals surface area (Å²) in [6.07, 6.45) is 0. The van der Waals surface area contributed by atoms with Crippen LogP contribution in [0.2, 0.25) is 0 Å². The van der Waals surface area contributed by atoms with Gasteiger partial charge in [-0.1, -0.05) is 0 Å². The second-order valence-corrected chi connectivity index (χ2v) is 7.53. The monoisotopic (exact) mass is 315 g/mol. The molecule has 23 heavy (non-hydrogen) atoms. The van der Waals surface area contributed by atoms with Crippen LogP contribution >= 0.6 is 0 Å². The molecular weight excluding hydrogens is 290 g/mol. The molecule has 0 aliphatic rings. The first-order valence-electron chi connectivity index (χ1n) is 7.53. The highest BCUT2D eigenvalue weighted by molar-refractivity contribution is 5.77. The first-order chi connectivity index (χ1) is 10.5. The van der Waals surface area contributed by atoms with Gasteiger partial charge in [-0.2, -0.15) is 0 Å². The fourth-order valence-electron chi connectivity index (χ4n) is 2.42. The third kappa shape index (κ3) is 3.75. The van der Waals surface area contributed by atoms with Gasteiger partial charge in [0, 0.05) is 6.07 Å². The van der Waals surface area contributed by atoms with Gasteiger partial charge < -0.3 is 0 Å². The van der Waals surface area contributed by atoms with Crippen molar-refractivity contribution in [3.8, 4) is 11.1 Å². The number of rotatable bonds is 4. The summed E-state index contributed by atoms with van der Waals surface area (Å²) in [5.74, 6) is 0. The van der Waals surface area contributed by atoms with Gasteiger partial charge in [-0.3, -0.25) is 19.1 Å². The molecule has 0 atom stereocenters. The first-order valence-corrected chi connectivity index (χ1v) is 7.53. The normalized spacial score (nSPS) is 12.3. The van der Waals surface area contributed by atoms with Crippen LogP contribution in [0.3, 0.4) is 0 Å². The Kier molecular flexibility index (Phi) is 4.28. The zero-order valence-electron chi connectivity index (χ0n) is 14.7. The number of nitro groups is 1. The van der Waals surface area contributed by atoms with E-state index in [1.165, 1.54) is 0 Å². The molecule has 0 aliphatic heterocycles. The van der Waals surface area contributed by atoms with Crippen LogP contribution in [-0.4, -0.2) is 47.2 Å². The molecule has 5 heteroatoms. The summed E-state index contributed by atoms with van der Waals surface area (Å²) in [5.41, 5.74) is 3.72. The summed E-state index contributed by atoms with van der Waals surface area (Å²) in [4.78, 5) is 11.2. The van der Waals surface area contributed by atoms with Gasteiger partial charge in [0.25, 0.3) is 5.69 Å². The second-order valence-electron chi connectivity index (χ2n) is 7.53. The molecule has 0 saturated heterocycles. The van der Waals surface area contributed by atoms with Crippen molar-refractivity contribution in [3.63, 3.8) is 0 Å². The minimum Gasteiger partial charge on any atom is -0.298 e. The van der Waals surface area contributed by atoms with Crippen LogP contribution < -0.4 is 8.97 Å². The van der Waals surface area contributed by atoms with E-state index in [1.54, 1.807) is 6.07 Å². The SMILES string of the molecule is C[N+](C)(C)c1ccc(-c2ccc([N+](C)(C)C)cc2[N+](=O)[O-])cc1. The summed E-state index contributed by atoms with van der Waals surface area (Å²) < 4.78 is 1.25. The maximum Gasteiger partial charge on any atom is 0.283 e. The molecule has 2 rings (SSSR count). The van der Waals surface area contributed by atoms with Gasteiger partial charge in [-0.15, -0.1) is 0 Å². The predicted octanol–water partition coefficient (Wildman–Crippen LogP) is 3.66. The van der Waals surface area contributed by atoms with Crippen molar-refractivity contribution >= 4 is 17.1 Å². The van der Waals surface area contributed by atoms with E-state index < -0.39 is 0 Å². The zero-order valence-corrected chi connectivity index (χ0v) is 14.7. The van der Waals surface area contributed by atoms with Gasteiger partial charge in [0.05, 0.1) is 58.8 Å². The predicted molar refractivity (Wildman–Crippen MR) is 97.7 cm³/mol. The fourth-order valence-corrected chi connectivity index (χ4v) is 2.42. The molecule has 0 radical (unpaired) electrons. The molecular formula is C18H25N3O2+2. The lowest BCUT2D eigenvalue weighted by molar-refractivity contribution is -0.384. The molecule has 2 aromatic carbocycles. The van der Waals surface area contributed by atoms with Gasteiger partial charge in [0.2, 0.25) is 0 Å². The van der Waals surface area contributed by atoms with Crippen molar-refractivity contribution in [2.75, 3.05) is 42.3 Å². The van der Waals surface area contributed by atoms with Crippen LogP contribution in [0.4, 0.5) is 17.1 Å². The van der Waals surface area contributed by atoms with E-state index in [9.17, 15) is 10.1 Å². The van der Waals surface area contributed by atoms with Crippen molar-refractivity contribution in [2.45, 2.75) is 0 Å². The molecule has 0 fully saturated rings. The summed E-state index contributed by atoms with van der Waals surface area (Å²) in [6, 6.07) is 13.4.